The highest BCUT2D eigenvalue weighted by Gasteiger charge is 2.39. The topological polar surface area (TPSA) is 82.0 Å². The van der Waals surface area contributed by atoms with Crippen LogP contribution in [0.2, 0.25) is 0 Å². The normalized spacial score (nSPS) is 17.7. The van der Waals surface area contributed by atoms with Crippen LogP contribution in [0.4, 0.5) is 23.4 Å². The van der Waals surface area contributed by atoms with Crippen molar-refractivity contribution in [2.24, 2.45) is 0 Å². The summed E-state index contributed by atoms with van der Waals surface area (Å²) in [6, 6.07) is 9.39. The molecule has 1 amide bonds. The molecule has 1 aromatic heterocycles. The molecule has 2 atom stereocenters. The Morgan fingerprint density at radius 3 is 2.49 bits per heavy atom. The number of alkyl halides is 3. The van der Waals surface area contributed by atoms with Crippen molar-refractivity contribution >= 4 is 33.9 Å². The lowest BCUT2D eigenvalue weighted by Crippen LogP contribution is -2.56. The molecule has 228 valence electrons. The van der Waals surface area contributed by atoms with Gasteiger partial charge in [-0.05, 0) is 57.3 Å². The number of aromatic hydroxyl groups is 1. The Hall–Kier alpha value is -4.19. The summed E-state index contributed by atoms with van der Waals surface area (Å²) in [5.41, 5.74) is -2.70. The number of carbonyl (C=O) groups is 1. The number of ether oxygens (including phenoxy) is 1. The number of phenolic OH excluding ortho intramolecular Hbond substituents is 1. The van der Waals surface area contributed by atoms with Gasteiger partial charge in [-0.25, -0.2) is 4.39 Å². The molecule has 5 rings (SSSR count). The fourth-order valence-corrected chi connectivity index (χ4v) is 5.60. The van der Waals surface area contributed by atoms with E-state index in [1.54, 1.807) is 34.1 Å². The average molecular weight is 600 g/mol. The number of rotatable bonds is 8. The van der Waals surface area contributed by atoms with Crippen LogP contribution in [-0.4, -0.2) is 83.7 Å². The van der Waals surface area contributed by atoms with Gasteiger partial charge in [0.25, 0.3) is 0 Å². The third kappa shape index (κ3) is 5.88. The number of carbonyl (C=O) groups excluding carboxylic acids is 1. The highest BCUT2D eigenvalue weighted by molar-refractivity contribution is 6.04. The van der Waals surface area contributed by atoms with Gasteiger partial charge < -0.3 is 24.5 Å². The summed E-state index contributed by atoms with van der Waals surface area (Å²) in [5.74, 6) is -1.66. The second kappa shape index (κ2) is 11.8. The molecule has 1 aliphatic heterocycles. The molecule has 1 fully saturated rings. The quantitative estimate of drug-likeness (QED) is 0.158. The average Bonchev–Trinajstić information content (AvgIpc) is 2.96. The summed E-state index contributed by atoms with van der Waals surface area (Å²) in [7, 11) is 3.81. The minimum atomic E-state index is -4.98. The predicted molar refractivity (Wildman–Crippen MR) is 157 cm³/mol. The number of piperazine rings is 1. The first-order valence-corrected chi connectivity index (χ1v) is 14.0. The molecule has 0 bridgehead atoms. The van der Waals surface area contributed by atoms with Crippen molar-refractivity contribution in [3.05, 3.63) is 53.8 Å². The van der Waals surface area contributed by atoms with Crippen molar-refractivity contribution in [1.29, 1.82) is 0 Å². The second-order valence-electron chi connectivity index (χ2n) is 11.2. The van der Waals surface area contributed by atoms with Gasteiger partial charge in [-0.1, -0.05) is 30.3 Å². The van der Waals surface area contributed by atoms with Gasteiger partial charge in [0.1, 0.15) is 17.1 Å². The fourth-order valence-electron chi connectivity index (χ4n) is 5.60. The molecule has 1 aliphatic rings. The van der Waals surface area contributed by atoms with Gasteiger partial charge in [0.05, 0.1) is 12.2 Å². The zero-order valence-electron chi connectivity index (χ0n) is 24.3. The molecule has 4 aromatic rings. The summed E-state index contributed by atoms with van der Waals surface area (Å²) in [6.07, 6.45) is -3.64. The molecular weight excluding hydrogens is 566 g/mol. The van der Waals surface area contributed by atoms with E-state index in [1.807, 2.05) is 32.8 Å². The maximum absolute atomic E-state index is 16.7. The van der Waals surface area contributed by atoms with Gasteiger partial charge >= 0.3 is 12.2 Å². The maximum atomic E-state index is 16.7. The van der Waals surface area contributed by atoms with Crippen LogP contribution in [0, 0.1) is 5.82 Å². The minimum Gasteiger partial charge on any atom is -0.507 e. The van der Waals surface area contributed by atoms with Crippen molar-refractivity contribution in [3.63, 3.8) is 0 Å². The lowest BCUT2D eigenvalue weighted by molar-refractivity contribution is -0.137. The van der Waals surface area contributed by atoms with Crippen LogP contribution in [0.25, 0.3) is 32.8 Å². The molecule has 0 spiro atoms. The number of nitrogens with zero attached hydrogens (tertiary/aromatic N) is 5. The first-order chi connectivity index (χ1) is 20.4. The Bertz CT molecular complexity index is 1660. The monoisotopic (exact) mass is 599 g/mol. The number of hydrogen-bond acceptors (Lipinski definition) is 7. The van der Waals surface area contributed by atoms with E-state index in [9.17, 15) is 23.1 Å². The van der Waals surface area contributed by atoms with Gasteiger partial charge in [0.15, 0.2) is 5.82 Å². The van der Waals surface area contributed by atoms with Crippen LogP contribution in [0.5, 0.6) is 11.8 Å². The van der Waals surface area contributed by atoms with Gasteiger partial charge in [0, 0.05) is 48.2 Å². The van der Waals surface area contributed by atoms with Crippen molar-refractivity contribution in [2.45, 2.75) is 38.5 Å². The van der Waals surface area contributed by atoms with Crippen molar-refractivity contribution in [1.82, 2.24) is 19.8 Å². The molecule has 12 heteroatoms. The molecule has 0 saturated carbocycles. The highest BCUT2D eigenvalue weighted by Crippen LogP contribution is 2.47. The Morgan fingerprint density at radius 2 is 1.79 bits per heavy atom. The number of fused-ring (bicyclic) bond motifs is 2. The molecule has 3 aromatic carbocycles. The number of anilines is 1. The van der Waals surface area contributed by atoms with Crippen LogP contribution >= 0.6 is 0 Å². The Morgan fingerprint density at radius 1 is 1.05 bits per heavy atom. The number of hydrogen-bond donors (Lipinski definition) is 1. The number of halogens is 4. The van der Waals surface area contributed by atoms with E-state index in [0.717, 1.165) is 12.5 Å². The summed E-state index contributed by atoms with van der Waals surface area (Å²) >= 11 is 0. The third-order valence-corrected chi connectivity index (χ3v) is 7.78. The number of amides is 1. The smallest absolute Gasteiger partial charge is 0.417 e. The van der Waals surface area contributed by atoms with Crippen molar-refractivity contribution in [3.8, 4) is 22.9 Å². The molecule has 0 radical (unpaired) electrons. The third-order valence-electron chi connectivity index (χ3n) is 7.78. The summed E-state index contributed by atoms with van der Waals surface area (Å²) in [4.78, 5) is 25.7. The Labute approximate surface area is 246 Å². The van der Waals surface area contributed by atoms with E-state index in [4.69, 9.17) is 4.74 Å². The molecule has 0 unspecified atom stereocenters. The second-order valence-corrected chi connectivity index (χ2v) is 11.2. The number of benzene rings is 3. The first-order valence-electron chi connectivity index (χ1n) is 14.0. The molecule has 43 heavy (non-hydrogen) atoms. The van der Waals surface area contributed by atoms with Gasteiger partial charge in [-0.15, -0.1) is 0 Å². The summed E-state index contributed by atoms with van der Waals surface area (Å²) in [6.45, 7) is 5.09. The van der Waals surface area contributed by atoms with Crippen LogP contribution in [0.1, 0.15) is 25.8 Å². The zero-order valence-corrected chi connectivity index (χ0v) is 24.3. The van der Waals surface area contributed by atoms with Crippen LogP contribution in [-0.2, 0) is 11.0 Å². The van der Waals surface area contributed by atoms with Gasteiger partial charge in [-0.2, -0.15) is 23.1 Å². The summed E-state index contributed by atoms with van der Waals surface area (Å²) in [5, 5.41) is 11.5. The number of aromatic nitrogens is 2. The van der Waals surface area contributed by atoms with E-state index < -0.39 is 28.9 Å². The number of phenols is 1. The molecule has 8 nitrogen and oxygen atoms in total. The van der Waals surface area contributed by atoms with E-state index in [0.29, 0.717) is 24.9 Å². The van der Waals surface area contributed by atoms with Crippen molar-refractivity contribution < 1.29 is 32.2 Å². The molecule has 2 heterocycles. The SMILES string of the molecule is C[C@@H]1CN(c2nc(OCCCN(C)C)nc3c(F)c(-c4c(O)ccc5ccccc45)c(C(F)(F)F)cc23)[C@@H](C)CN1C=O. The van der Waals surface area contributed by atoms with Crippen molar-refractivity contribution in [2.75, 3.05) is 45.2 Å². The Kier molecular flexibility index (Phi) is 8.33. The molecule has 1 N–H and O–H groups in total. The fraction of sp³-hybridized carbons (Fsp3) is 0.387. The standard InChI is InChI=1S/C31H33F4N5O3/c1-18-16-40(19(2)15-39(18)17-41)29-22-14-23(31(33,34)35)26(25-21-9-6-5-8-20(21)10-11-24(25)42)27(32)28(22)36-30(37-29)43-13-7-12-38(3)4/h5-6,8-11,14,17-19,42H,7,12-13,15-16H2,1-4H3/t18-,19+/m1/s1. The van der Waals surface area contributed by atoms with E-state index in [1.165, 1.54) is 12.1 Å². The van der Waals surface area contributed by atoms with E-state index in [-0.39, 0.29) is 58.9 Å². The predicted octanol–water partition coefficient (Wildman–Crippen LogP) is 5.70. The van der Waals surface area contributed by atoms with E-state index >= 15 is 4.39 Å². The van der Waals surface area contributed by atoms with Crippen LogP contribution in [0.3, 0.4) is 0 Å². The minimum absolute atomic E-state index is 0.0793. The lowest BCUT2D eigenvalue weighted by Gasteiger charge is -2.43. The lowest BCUT2D eigenvalue weighted by atomic mass is 9.91. The highest BCUT2D eigenvalue weighted by atomic mass is 19.4. The zero-order chi connectivity index (χ0) is 31.1. The van der Waals surface area contributed by atoms with Crippen LogP contribution < -0.4 is 9.64 Å². The molecule has 0 aliphatic carbocycles. The largest absolute Gasteiger partial charge is 0.507 e. The first kappa shape index (κ1) is 30.3. The molecule has 1 saturated heterocycles. The maximum Gasteiger partial charge on any atom is 0.417 e. The summed E-state index contributed by atoms with van der Waals surface area (Å²) < 4.78 is 66.8. The van der Waals surface area contributed by atoms with Gasteiger partial charge in [-0.3, -0.25) is 4.79 Å². The van der Waals surface area contributed by atoms with Crippen LogP contribution in [0.15, 0.2) is 42.5 Å². The Balaban J connectivity index is 1.79. The van der Waals surface area contributed by atoms with E-state index in [2.05, 4.69) is 9.97 Å². The van der Waals surface area contributed by atoms with Gasteiger partial charge in [0.2, 0.25) is 6.41 Å². The molecular formula is C31H33F4N5O3.